The number of hydrogen-bond acceptors (Lipinski definition) is 1. The van der Waals surface area contributed by atoms with Gasteiger partial charge in [0.25, 0.3) is 0 Å². The van der Waals surface area contributed by atoms with E-state index in [1.54, 1.807) is 41.2 Å². The summed E-state index contributed by atoms with van der Waals surface area (Å²) in [4.78, 5) is 4.30. The van der Waals surface area contributed by atoms with E-state index in [2.05, 4.69) is 4.99 Å². The first kappa shape index (κ1) is 21.7. The molecule has 0 aliphatic heterocycles. The van der Waals surface area contributed by atoms with Crippen molar-refractivity contribution in [3.05, 3.63) is 70.8 Å². The molecule has 1 atom stereocenters. The lowest BCUT2D eigenvalue weighted by Gasteiger charge is -2.17. The molecule has 2 N–H and O–H groups in total. The van der Waals surface area contributed by atoms with Crippen LogP contribution in [0.3, 0.4) is 0 Å². The number of nitrogens with zero attached hydrogens (tertiary/aromatic N) is 2. The molecule has 0 aliphatic rings. The maximum absolute atomic E-state index is 13.4. The predicted molar refractivity (Wildman–Crippen MR) is 110 cm³/mol. The van der Waals surface area contributed by atoms with Crippen LogP contribution in [0.4, 0.5) is 18.9 Å². The van der Waals surface area contributed by atoms with Crippen LogP contribution in [-0.2, 0) is 0 Å². The Bertz CT molecular complexity index is 856. The van der Waals surface area contributed by atoms with E-state index in [9.17, 15) is 13.2 Å². The first-order chi connectivity index (χ1) is 13.3. The highest BCUT2D eigenvalue weighted by Crippen LogP contribution is 2.37. The Hall–Kier alpha value is -2.60. The summed E-state index contributed by atoms with van der Waals surface area (Å²) in [5, 5.41) is 0.272. The minimum atomic E-state index is -4.41. The zero-order valence-electron chi connectivity index (χ0n) is 15.4. The monoisotopic (exact) mass is 408 g/mol. The molecule has 2 rings (SSSR count). The van der Waals surface area contributed by atoms with E-state index in [4.69, 9.17) is 17.3 Å². The summed E-state index contributed by atoms with van der Waals surface area (Å²) in [5.74, 6) is -1.73. The molecule has 148 valence electrons. The van der Waals surface area contributed by atoms with Gasteiger partial charge in [0.1, 0.15) is 5.69 Å². The Labute approximate surface area is 167 Å². The average Bonchev–Trinajstić information content (AvgIpc) is 2.65. The summed E-state index contributed by atoms with van der Waals surface area (Å²) in [5.41, 5.74) is 6.94. The summed E-state index contributed by atoms with van der Waals surface area (Å²) >= 11 is 5.84. The average molecular weight is 409 g/mol. The Morgan fingerprint density at radius 2 is 1.89 bits per heavy atom. The van der Waals surface area contributed by atoms with Crippen molar-refractivity contribution in [3.63, 3.8) is 0 Å². The molecule has 2 aromatic carbocycles. The SMILES string of the molecule is CCC[N+](C=Nc1ccc(C=CC(c2cccc(Cl)c2)C(F)(F)F)cc1)=CN. The van der Waals surface area contributed by atoms with Gasteiger partial charge in [-0.2, -0.15) is 13.2 Å². The Kier molecular flexibility index (Phi) is 7.81. The van der Waals surface area contributed by atoms with Crippen LogP contribution in [0.2, 0.25) is 5.02 Å². The van der Waals surface area contributed by atoms with Crippen molar-refractivity contribution < 1.29 is 17.7 Å². The molecule has 0 aliphatic carbocycles. The highest BCUT2D eigenvalue weighted by Gasteiger charge is 2.38. The molecule has 0 bridgehead atoms. The molecule has 1 unspecified atom stereocenters. The highest BCUT2D eigenvalue weighted by atomic mass is 35.5. The third kappa shape index (κ3) is 6.53. The van der Waals surface area contributed by atoms with Gasteiger partial charge >= 0.3 is 6.18 Å². The molecule has 0 spiro atoms. The van der Waals surface area contributed by atoms with Gasteiger partial charge in [-0.25, -0.2) is 4.58 Å². The van der Waals surface area contributed by atoms with Crippen LogP contribution in [0.1, 0.15) is 30.4 Å². The van der Waals surface area contributed by atoms with Crippen LogP contribution in [0.15, 0.2) is 59.6 Å². The lowest BCUT2D eigenvalue weighted by Crippen LogP contribution is -2.18. The van der Waals surface area contributed by atoms with Gasteiger partial charge in [-0.05, 0) is 41.8 Å². The molecule has 0 saturated carbocycles. The fourth-order valence-electron chi connectivity index (χ4n) is 2.56. The van der Waals surface area contributed by atoms with Crippen LogP contribution in [0.5, 0.6) is 0 Å². The zero-order valence-corrected chi connectivity index (χ0v) is 16.2. The number of benzene rings is 2. The van der Waals surface area contributed by atoms with Crippen LogP contribution in [-0.4, -0.2) is 30.0 Å². The Morgan fingerprint density at radius 3 is 2.46 bits per heavy atom. The number of rotatable bonds is 7. The van der Waals surface area contributed by atoms with Crippen molar-refractivity contribution in [2.75, 3.05) is 6.54 Å². The number of allylic oxidation sites excluding steroid dienone is 1. The van der Waals surface area contributed by atoms with Gasteiger partial charge in [0, 0.05) is 5.02 Å². The van der Waals surface area contributed by atoms with Crippen LogP contribution < -0.4 is 5.73 Å². The second-order valence-corrected chi connectivity index (χ2v) is 6.59. The number of nitrogens with two attached hydrogens (primary N) is 1. The standard InChI is InChI=1S/C21H21ClF3N3/c1-2-12-28(14-26)15-27-19-9-6-16(7-10-19)8-11-20(21(23,24)25)17-4-3-5-18(22)13-17/h3-11,13-15,20,26H,2,12H2,1H3/p+1. The van der Waals surface area contributed by atoms with Crippen molar-refractivity contribution in [2.24, 2.45) is 10.7 Å². The second-order valence-electron chi connectivity index (χ2n) is 6.16. The van der Waals surface area contributed by atoms with Crippen molar-refractivity contribution in [1.29, 1.82) is 0 Å². The molecular formula is C21H22ClF3N3+. The summed E-state index contributed by atoms with van der Waals surface area (Å²) in [6.07, 6.45) is 2.16. The highest BCUT2D eigenvalue weighted by molar-refractivity contribution is 6.30. The van der Waals surface area contributed by atoms with Crippen molar-refractivity contribution in [3.8, 4) is 0 Å². The Morgan fingerprint density at radius 1 is 1.18 bits per heavy atom. The van der Waals surface area contributed by atoms with Gasteiger partial charge in [-0.1, -0.05) is 54.9 Å². The third-order valence-electron chi connectivity index (χ3n) is 3.96. The van der Waals surface area contributed by atoms with Gasteiger partial charge in [0.2, 0.25) is 6.34 Å². The van der Waals surface area contributed by atoms with Crippen LogP contribution >= 0.6 is 11.6 Å². The topological polar surface area (TPSA) is 41.4 Å². The van der Waals surface area contributed by atoms with Crippen LogP contribution in [0, 0.1) is 0 Å². The van der Waals surface area contributed by atoms with E-state index in [1.807, 2.05) is 6.92 Å². The fourth-order valence-corrected chi connectivity index (χ4v) is 2.76. The molecule has 0 fully saturated rings. The molecule has 0 saturated heterocycles. The largest absolute Gasteiger partial charge is 0.399 e. The molecule has 0 aromatic heterocycles. The first-order valence-electron chi connectivity index (χ1n) is 8.79. The molecule has 0 amide bonds. The molecule has 28 heavy (non-hydrogen) atoms. The Balaban J connectivity index is 2.16. The minimum absolute atomic E-state index is 0.103. The molecule has 3 nitrogen and oxygen atoms in total. The van der Waals surface area contributed by atoms with E-state index >= 15 is 0 Å². The van der Waals surface area contributed by atoms with E-state index < -0.39 is 12.1 Å². The molecule has 2 aromatic rings. The predicted octanol–water partition coefficient (Wildman–Crippen LogP) is 5.77. The summed E-state index contributed by atoms with van der Waals surface area (Å²) in [7, 11) is 0. The molecule has 0 radical (unpaired) electrons. The summed E-state index contributed by atoms with van der Waals surface area (Å²) in [6, 6.07) is 12.7. The number of aliphatic imine (C=N–C) groups is 1. The lowest BCUT2D eigenvalue weighted by molar-refractivity contribution is -0.394. The molecule has 7 heteroatoms. The quantitative estimate of drug-likeness (QED) is 0.353. The number of halogens is 4. The van der Waals surface area contributed by atoms with Crippen molar-refractivity contribution in [1.82, 2.24) is 0 Å². The third-order valence-corrected chi connectivity index (χ3v) is 4.20. The molecular weight excluding hydrogens is 387 g/mol. The lowest BCUT2D eigenvalue weighted by atomic mass is 9.97. The fraction of sp³-hybridized carbons (Fsp3) is 0.238. The first-order valence-corrected chi connectivity index (χ1v) is 9.16. The number of hydrogen-bond donors (Lipinski definition) is 1. The summed E-state index contributed by atoms with van der Waals surface area (Å²) in [6.45, 7) is 2.78. The summed E-state index contributed by atoms with van der Waals surface area (Å²) < 4.78 is 42.1. The van der Waals surface area contributed by atoms with E-state index in [1.165, 1.54) is 30.6 Å². The van der Waals surface area contributed by atoms with Crippen LogP contribution in [0.25, 0.3) is 6.08 Å². The second kappa shape index (κ2) is 10.1. The van der Waals surface area contributed by atoms with Gasteiger partial charge in [0.15, 0.2) is 6.34 Å². The smallest absolute Gasteiger partial charge is 0.325 e. The zero-order chi connectivity index (χ0) is 20.6. The van der Waals surface area contributed by atoms with E-state index in [-0.39, 0.29) is 10.6 Å². The maximum Gasteiger partial charge on any atom is 0.399 e. The van der Waals surface area contributed by atoms with E-state index in [0.717, 1.165) is 19.0 Å². The van der Waals surface area contributed by atoms with Crippen molar-refractivity contribution >= 4 is 36.0 Å². The molecule has 0 heterocycles. The normalized spacial score (nSPS) is 14.1. The minimum Gasteiger partial charge on any atom is -0.325 e. The van der Waals surface area contributed by atoms with E-state index in [0.29, 0.717) is 11.3 Å². The van der Waals surface area contributed by atoms with Gasteiger partial charge in [-0.15, -0.1) is 4.99 Å². The van der Waals surface area contributed by atoms with Crippen molar-refractivity contribution in [2.45, 2.75) is 25.4 Å². The number of alkyl halides is 3. The van der Waals surface area contributed by atoms with Gasteiger partial charge in [-0.3, -0.25) is 0 Å². The van der Waals surface area contributed by atoms with Gasteiger partial charge < -0.3 is 5.73 Å². The van der Waals surface area contributed by atoms with Gasteiger partial charge in [0.05, 0.1) is 12.5 Å². The maximum atomic E-state index is 13.4.